The van der Waals surface area contributed by atoms with Gasteiger partial charge in [-0.05, 0) is 52.4 Å². The summed E-state index contributed by atoms with van der Waals surface area (Å²) in [5.41, 5.74) is 0.647. The Bertz CT molecular complexity index is 503. The zero-order valence-corrected chi connectivity index (χ0v) is 14.0. The lowest BCUT2D eigenvalue weighted by Crippen LogP contribution is -2.26. The lowest BCUT2D eigenvalue weighted by Gasteiger charge is -2.28. The van der Waals surface area contributed by atoms with E-state index in [1.54, 1.807) is 13.4 Å². The number of methoxy groups -OCH3 is 1. The summed E-state index contributed by atoms with van der Waals surface area (Å²) in [6.45, 7) is 5.72. The number of hydrogen-bond donors (Lipinski definition) is 0. The predicted octanol–water partition coefficient (Wildman–Crippen LogP) is 3.49. The quantitative estimate of drug-likeness (QED) is 0.797. The monoisotopic (exact) mass is 306 g/mol. The van der Waals surface area contributed by atoms with Crippen LogP contribution in [0, 0.1) is 5.92 Å². The van der Waals surface area contributed by atoms with Crippen LogP contribution in [0.5, 0.6) is 5.88 Å². The Labute approximate surface area is 132 Å². The van der Waals surface area contributed by atoms with Gasteiger partial charge in [-0.3, -0.25) is 4.79 Å². The number of esters is 1. The number of nitrogens with zero attached hydrogens (tertiary/aromatic N) is 2. The number of ether oxygens (including phenoxy) is 2. The Morgan fingerprint density at radius 3 is 2.50 bits per heavy atom. The molecule has 2 rings (SSSR count). The van der Waals surface area contributed by atoms with Crippen molar-refractivity contribution in [1.82, 2.24) is 9.97 Å². The van der Waals surface area contributed by atoms with Gasteiger partial charge in [-0.25, -0.2) is 9.97 Å². The van der Waals surface area contributed by atoms with E-state index in [0.717, 1.165) is 31.4 Å². The van der Waals surface area contributed by atoms with Crippen molar-refractivity contribution in [3.05, 3.63) is 18.1 Å². The Morgan fingerprint density at radius 2 is 1.91 bits per heavy atom. The molecule has 0 saturated heterocycles. The van der Waals surface area contributed by atoms with Crippen molar-refractivity contribution >= 4 is 5.97 Å². The van der Waals surface area contributed by atoms with E-state index in [1.165, 1.54) is 0 Å². The normalized spacial score (nSPS) is 22.2. The molecule has 1 aromatic rings. The molecule has 1 fully saturated rings. The van der Waals surface area contributed by atoms with Crippen LogP contribution in [-0.2, 0) is 9.53 Å². The maximum atomic E-state index is 11.9. The van der Waals surface area contributed by atoms with Gasteiger partial charge < -0.3 is 9.47 Å². The molecule has 1 aliphatic rings. The fourth-order valence-electron chi connectivity index (χ4n) is 2.97. The average molecular weight is 306 g/mol. The summed E-state index contributed by atoms with van der Waals surface area (Å²) in [5.74, 6) is 1.39. The third-order valence-electron chi connectivity index (χ3n) is 4.01. The number of rotatable bonds is 4. The molecule has 1 heterocycles. The summed E-state index contributed by atoms with van der Waals surface area (Å²) in [4.78, 5) is 20.3. The van der Waals surface area contributed by atoms with E-state index < -0.39 is 5.60 Å². The molecule has 0 aromatic carbocycles. The Hall–Kier alpha value is -1.65. The first kappa shape index (κ1) is 16.7. The van der Waals surface area contributed by atoms with E-state index >= 15 is 0 Å². The zero-order valence-electron chi connectivity index (χ0n) is 14.0. The van der Waals surface area contributed by atoms with Crippen LogP contribution in [0.15, 0.2) is 12.4 Å². The van der Waals surface area contributed by atoms with E-state index in [4.69, 9.17) is 9.47 Å². The molecule has 5 heteroatoms. The second-order valence-corrected chi connectivity index (χ2v) is 6.99. The van der Waals surface area contributed by atoms with Crippen molar-refractivity contribution in [1.29, 1.82) is 0 Å². The van der Waals surface area contributed by atoms with Crippen LogP contribution < -0.4 is 4.74 Å². The summed E-state index contributed by atoms with van der Waals surface area (Å²) in [7, 11) is 1.61. The number of carbonyl (C=O) groups is 1. The van der Waals surface area contributed by atoms with Crippen LogP contribution in [0.4, 0.5) is 0 Å². The van der Waals surface area contributed by atoms with E-state index in [2.05, 4.69) is 9.97 Å². The zero-order chi connectivity index (χ0) is 16.2. The largest absolute Gasteiger partial charge is 0.481 e. The first-order valence-corrected chi connectivity index (χ1v) is 7.95. The minimum Gasteiger partial charge on any atom is -0.481 e. The summed E-state index contributed by atoms with van der Waals surface area (Å²) < 4.78 is 10.6. The molecule has 0 N–H and O–H groups in total. The van der Waals surface area contributed by atoms with Crippen LogP contribution in [0.1, 0.15) is 64.5 Å². The van der Waals surface area contributed by atoms with E-state index in [0.29, 0.717) is 24.1 Å². The second kappa shape index (κ2) is 7.07. The Morgan fingerprint density at radius 1 is 1.23 bits per heavy atom. The van der Waals surface area contributed by atoms with Gasteiger partial charge in [0, 0.05) is 18.4 Å². The number of carbonyl (C=O) groups excluding carboxylic acids is 1. The van der Waals surface area contributed by atoms with Crippen LogP contribution in [0.3, 0.4) is 0 Å². The van der Waals surface area contributed by atoms with Gasteiger partial charge in [0.25, 0.3) is 0 Å². The molecule has 0 unspecified atom stereocenters. The molecule has 0 bridgehead atoms. The third-order valence-corrected chi connectivity index (χ3v) is 4.01. The molecule has 0 radical (unpaired) electrons. The van der Waals surface area contributed by atoms with Gasteiger partial charge in [0.05, 0.1) is 12.8 Å². The Balaban J connectivity index is 1.84. The Kier molecular flexibility index (Phi) is 5.37. The predicted molar refractivity (Wildman–Crippen MR) is 83.7 cm³/mol. The van der Waals surface area contributed by atoms with Gasteiger partial charge in [0.1, 0.15) is 11.9 Å². The standard InChI is InChI=1S/C17H26N2O3/c1-17(2,3)22-16(20)9-12-5-7-13(8-6-12)14-10-15(21-4)19-11-18-14/h10-13H,5-9H2,1-4H3. The molecule has 0 amide bonds. The molecule has 0 spiro atoms. The first-order valence-electron chi connectivity index (χ1n) is 7.95. The van der Waals surface area contributed by atoms with Crippen molar-refractivity contribution in [3.63, 3.8) is 0 Å². The van der Waals surface area contributed by atoms with E-state index in [-0.39, 0.29) is 5.97 Å². The SMILES string of the molecule is COc1cc(C2CCC(CC(=O)OC(C)(C)C)CC2)ncn1. The van der Waals surface area contributed by atoms with Gasteiger partial charge >= 0.3 is 5.97 Å². The van der Waals surface area contributed by atoms with Gasteiger partial charge in [-0.15, -0.1) is 0 Å². The van der Waals surface area contributed by atoms with Gasteiger partial charge in [-0.1, -0.05) is 0 Å². The molecule has 1 aliphatic carbocycles. The highest BCUT2D eigenvalue weighted by Crippen LogP contribution is 2.37. The van der Waals surface area contributed by atoms with E-state index in [9.17, 15) is 4.79 Å². The maximum absolute atomic E-state index is 11.9. The molecule has 0 aliphatic heterocycles. The third kappa shape index (κ3) is 4.97. The summed E-state index contributed by atoms with van der Waals surface area (Å²) in [5, 5.41) is 0. The molecule has 5 nitrogen and oxygen atoms in total. The van der Waals surface area contributed by atoms with Gasteiger partial charge in [-0.2, -0.15) is 0 Å². The molecule has 122 valence electrons. The minimum atomic E-state index is -0.397. The highest BCUT2D eigenvalue weighted by Gasteiger charge is 2.27. The molecule has 22 heavy (non-hydrogen) atoms. The van der Waals surface area contributed by atoms with E-state index in [1.807, 2.05) is 26.8 Å². The summed E-state index contributed by atoms with van der Waals surface area (Å²) in [6.07, 6.45) is 6.26. The highest BCUT2D eigenvalue weighted by atomic mass is 16.6. The van der Waals surface area contributed by atoms with Crippen molar-refractivity contribution in [2.24, 2.45) is 5.92 Å². The van der Waals surface area contributed by atoms with Crippen LogP contribution in [-0.4, -0.2) is 28.6 Å². The van der Waals surface area contributed by atoms with Crippen LogP contribution in [0.25, 0.3) is 0 Å². The lowest BCUT2D eigenvalue weighted by atomic mass is 9.79. The molecular formula is C17H26N2O3. The van der Waals surface area contributed by atoms with Crippen LogP contribution >= 0.6 is 0 Å². The fourth-order valence-corrected chi connectivity index (χ4v) is 2.97. The molecule has 1 saturated carbocycles. The summed E-state index contributed by atoms with van der Waals surface area (Å²) >= 11 is 0. The molecule has 1 aromatic heterocycles. The van der Waals surface area contributed by atoms with Crippen LogP contribution in [0.2, 0.25) is 0 Å². The number of aromatic nitrogens is 2. The molecule has 0 atom stereocenters. The highest BCUT2D eigenvalue weighted by molar-refractivity contribution is 5.70. The second-order valence-electron chi connectivity index (χ2n) is 6.99. The smallest absolute Gasteiger partial charge is 0.306 e. The molecular weight excluding hydrogens is 280 g/mol. The van der Waals surface area contributed by atoms with Gasteiger partial charge in [0.2, 0.25) is 5.88 Å². The average Bonchev–Trinajstić information content (AvgIpc) is 2.46. The summed E-state index contributed by atoms with van der Waals surface area (Å²) in [6, 6.07) is 1.92. The topological polar surface area (TPSA) is 61.3 Å². The first-order chi connectivity index (χ1) is 10.4. The van der Waals surface area contributed by atoms with Crippen molar-refractivity contribution in [3.8, 4) is 5.88 Å². The van der Waals surface area contributed by atoms with Crippen molar-refractivity contribution < 1.29 is 14.3 Å². The van der Waals surface area contributed by atoms with Crippen molar-refractivity contribution in [2.45, 2.75) is 64.4 Å². The van der Waals surface area contributed by atoms with Gasteiger partial charge in [0.15, 0.2) is 0 Å². The van der Waals surface area contributed by atoms with Crippen molar-refractivity contribution in [2.75, 3.05) is 7.11 Å². The maximum Gasteiger partial charge on any atom is 0.306 e. The minimum absolute atomic E-state index is 0.0837. The lowest BCUT2D eigenvalue weighted by molar-refractivity contribution is -0.156. The number of hydrogen-bond acceptors (Lipinski definition) is 5. The fraction of sp³-hybridized carbons (Fsp3) is 0.706.